The summed E-state index contributed by atoms with van der Waals surface area (Å²) in [6.45, 7) is 0. The van der Waals surface area contributed by atoms with Gasteiger partial charge in [0.05, 0.1) is 31.4 Å². The van der Waals surface area contributed by atoms with Gasteiger partial charge in [0.15, 0.2) is 22.9 Å². The Kier molecular flexibility index (Phi) is 6.99. The molecule has 0 aliphatic carbocycles. The number of methoxy groups -OCH3 is 2. The van der Waals surface area contributed by atoms with Crippen LogP contribution in [-0.2, 0) is 9.53 Å². The number of amides is 1. The third kappa shape index (κ3) is 4.54. The monoisotopic (exact) mass is 560 g/mol. The number of hydrogen-bond acceptors (Lipinski definition) is 8. The van der Waals surface area contributed by atoms with E-state index < -0.39 is 29.5 Å². The van der Waals surface area contributed by atoms with Gasteiger partial charge in [-0.3, -0.25) is 14.5 Å². The predicted octanol–water partition coefficient (Wildman–Crippen LogP) is 5.73. The van der Waals surface area contributed by atoms with E-state index in [1.54, 1.807) is 36.4 Å². The van der Waals surface area contributed by atoms with Gasteiger partial charge in [0, 0.05) is 41.9 Å². The first-order valence-electron chi connectivity index (χ1n) is 12.2. The molecule has 0 fully saturated rings. The number of Topliss-reactive ketones (excluding diaryl/α,β-unsaturated/α-hetero) is 1. The number of rotatable bonds is 7. The van der Waals surface area contributed by atoms with Gasteiger partial charge in [0.25, 0.3) is 5.91 Å². The second kappa shape index (κ2) is 10.4. The van der Waals surface area contributed by atoms with Crippen LogP contribution in [0.2, 0.25) is 5.02 Å². The van der Waals surface area contributed by atoms with Crippen LogP contribution in [0.25, 0.3) is 11.0 Å². The van der Waals surface area contributed by atoms with E-state index in [0.717, 1.165) is 5.69 Å². The van der Waals surface area contributed by atoms with Crippen molar-refractivity contribution in [2.75, 3.05) is 38.1 Å². The standard InChI is InChI=1S/C30H25ClN2O7/c1-32(2)20-9-5-16(6-10-20)25-24(26(34)22-14-18-13-19(31)15-23(38-3)28(18)40-22)27(35)29(36)33(25)21-11-7-17(8-12-21)30(37)39-4/h5-15,25,35H,1-4H3. The van der Waals surface area contributed by atoms with Crippen molar-refractivity contribution in [3.05, 3.63) is 100.0 Å². The van der Waals surface area contributed by atoms with Crippen LogP contribution in [0, 0.1) is 0 Å². The van der Waals surface area contributed by atoms with Gasteiger partial charge < -0.3 is 23.9 Å². The summed E-state index contributed by atoms with van der Waals surface area (Å²) < 4.78 is 16.0. The summed E-state index contributed by atoms with van der Waals surface area (Å²) in [5.74, 6) is -2.43. The zero-order valence-electron chi connectivity index (χ0n) is 22.1. The number of aliphatic hydroxyl groups excluding tert-OH is 1. The minimum Gasteiger partial charge on any atom is -0.503 e. The summed E-state index contributed by atoms with van der Waals surface area (Å²) in [7, 11) is 6.52. The molecule has 1 aromatic heterocycles. The Labute approximate surface area is 234 Å². The Balaban J connectivity index is 1.63. The van der Waals surface area contributed by atoms with Gasteiger partial charge in [-0.2, -0.15) is 0 Å². The molecule has 2 heterocycles. The smallest absolute Gasteiger partial charge is 0.337 e. The number of carbonyl (C=O) groups excluding carboxylic acids is 3. The lowest BCUT2D eigenvalue weighted by Crippen LogP contribution is -2.31. The van der Waals surface area contributed by atoms with Gasteiger partial charge in [0.1, 0.15) is 0 Å². The second-order valence-corrected chi connectivity index (χ2v) is 9.77. The molecule has 1 N–H and O–H groups in total. The molecule has 1 aliphatic rings. The lowest BCUT2D eigenvalue weighted by Gasteiger charge is -2.27. The molecular weight excluding hydrogens is 536 g/mol. The number of aliphatic hydroxyl groups is 1. The normalized spacial score (nSPS) is 15.1. The number of halogens is 1. The Hall–Kier alpha value is -4.76. The maximum absolute atomic E-state index is 13.9. The number of benzene rings is 3. The molecule has 4 aromatic rings. The van der Waals surface area contributed by atoms with Crippen molar-refractivity contribution >= 4 is 51.6 Å². The van der Waals surface area contributed by atoms with Crippen molar-refractivity contribution in [2.45, 2.75) is 6.04 Å². The van der Waals surface area contributed by atoms with Crippen molar-refractivity contribution in [1.82, 2.24) is 0 Å². The summed E-state index contributed by atoms with van der Waals surface area (Å²) in [6.07, 6.45) is 0. The van der Waals surface area contributed by atoms with Crippen LogP contribution in [0.3, 0.4) is 0 Å². The molecule has 0 radical (unpaired) electrons. The molecule has 1 amide bonds. The maximum atomic E-state index is 13.9. The van der Waals surface area contributed by atoms with Gasteiger partial charge in [-0.1, -0.05) is 23.7 Å². The van der Waals surface area contributed by atoms with Crippen LogP contribution < -0.4 is 14.5 Å². The van der Waals surface area contributed by atoms with Crippen molar-refractivity contribution in [2.24, 2.45) is 0 Å². The van der Waals surface area contributed by atoms with Gasteiger partial charge in [-0.25, -0.2) is 4.79 Å². The van der Waals surface area contributed by atoms with E-state index in [4.69, 9.17) is 25.5 Å². The fraction of sp³-hybridized carbons (Fsp3) is 0.167. The van der Waals surface area contributed by atoms with Crippen molar-refractivity contribution in [3.63, 3.8) is 0 Å². The molecule has 0 saturated heterocycles. The molecule has 40 heavy (non-hydrogen) atoms. The fourth-order valence-corrected chi connectivity index (χ4v) is 4.95. The minimum absolute atomic E-state index is 0.0947. The second-order valence-electron chi connectivity index (χ2n) is 9.33. The molecule has 3 aromatic carbocycles. The minimum atomic E-state index is -0.987. The first-order valence-corrected chi connectivity index (χ1v) is 12.6. The van der Waals surface area contributed by atoms with E-state index in [2.05, 4.69) is 0 Å². The molecule has 9 nitrogen and oxygen atoms in total. The molecule has 204 valence electrons. The van der Waals surface area contributed by atoms with Crippen LogP contribution in [0.5, 0.6) is 5.75 Å². The Bertz CT molecular complexity index is 1670. The number of ether oxygens (including phenoxy) is 2. The number of furan rings is 1. The van der Waals surface area contributed by atoms with Gasteiger partial charge in [-0.05, 0) is 54.1 Å². The quantitative estimate of drug-likeness (QED) is 0.225. The number of anilines is 2. The van der Waals surface area contributed by atoms with E-state index in [1.165, 1.54) is 37.3 Å². The number of carbonyl (C=O) groups is 3. The largest absolute Gasteiger partial charge is 0.503 e. The van der Waals surface area contributed by atoms with Crippen molar-refractivity contribution in [1.29, 1.82) is 0 Å². The molecule has 1 atom stereocenters. The topological polar surface area (TPSA) is 110 Å². The maximum Gasteiger partial charge on any atom is 0.337 e. The summed E-state index contributed by atoms with van der Waals surface area (Å²) in [4.78, 5) is 42.6. The highest BCUT2D eigenvalue weighted by Gasteiger charge is 2.45. The Morgan fingerprint density at radius 1 is 1.00 bits per heavy atom. The summed E-state index contributed by atoms with van der Waals surface area (Å²) in [5, 5.41) is 12.0. The van der Waals surface area contributed by atoms with Crippen LogP contribution in [0.1, 0.15) is 32.5 Å². The SMILES string of the molecule is COC(=O)c1ccc(N2C(=O)C(O)=C(C(=O)c3cc4cc(Cl)cc(OC)c4o3)C2c2ccc(N(C)C)cc2)cc1. The Morgan fingerprint density at radius 3 is 2.27 bits per heavy atom. The van der Waals surface area contributed by atoms with E-state index in [0.29, 0.717) is 33.0 Å². The molecule has 0 bridgehead atoms. The van der Waals surface area contributed by atoms with E-state index >= 15 is 0 Å². The molecule has 5 rings (SSSR count). The van der Waals surface area contributed by atoms with Gasteiger partial charge >= 0.3 is 5.97 Å². The highest BCUT2D eigenvalue weighted by molar-refractivity contribution is 6.31. The van der Waals surface area contributed by atoms with Crippen LogP contribution in [-0.4, -0.2) is 51.1 Å². The van der Waals surface area contributed by atoms with Crippen molar-refractivity contribution in [3.8, 4) is 5.75 Å². The third-order valence-electron chi connectivity index (χ3n) is 6.74. The van der Waals surface area contributed by atoms with E-state index in [9.17, 15) is 19.5 Å². The van der Waals surface area contributed by atoms with Gasteiger partial charge in [-0.15, -0.1) is 0 Å². The predicted molar refractivity (Wildman–Crippen MR) is 151 cm³/mol. The average molecular weight is 561 g/mol. The van der Waals surface area contributed by atoms with Crippen molar-refractivity contribution < 1.29 is 33.4 Å². The van der Waals surface area contributed by atoms with Crippen LogP contribution in [0.15, 0.2) is 82.5 Å². The summed E-state index contributed by atoms with van der Waals surface area (Å²) >= 11 is 6.19. The van der Waals surface area contributed by atoms with Gasteiger partial charge in [0.2, 0.25) is 5.78 Å². The first-order chi connectivity index (χ1) is 19.1. The highest BCUT2D eigenvalue weighted by atomic mass is 35.5. The number of esters is 1. The fourth-order valence-electron chi connectivity index (χ4n) is 4.73. The Morgan fingerprint density at radius 2 is 1.68 bits per heavy atom. The van der Waals surface area contributed by atoms with Crippen LogP contribution in [0.4, 0.5) is 11.4 Å². The molecule has 0 saturated carbocycles. The average Bonchev–Trinajstić information content (AvgIpc) is 3.50. The zero-order valence-corrected chi connectivity index (χ0v) is 22.9. The number of fused-ring (bicyclic) bond motifs is 1. The molecule has 0 spiro atoms. The third-order valence-corrected chi connectivity index (χ3v) is 6.95. The van der Waals surface area contributed by atoms with E-state index in [-0.39, 0.29) is 16.9 Å². The summed E-state index contributed by atoms with van der Waals surface area (Å²) in [6, 6.07) is 17.1. The first kappa shape index (κ1) is 26.8. The molecule has 10 heteroatoms. The van der Waals surface area contributed by atoms with Crippen LogP contribution >= 0.6 is 11.6 Å². The van der Waals surface area contributed by atoms with E-state index in [1.807, 2.05) is 31.1 Å². The lowest BCUT2D eigenvalue weighted by atomic mass is 9.94. The molecule has 1 aliphatic heterocycles. The lowest BCUT2D eigenvalue weighted by molar-refractivity contribution is -0.117. The number of ketones is 1. The highest BCUT2D eigenvalue weighted by Crippen LogP contribution is 2.43. The number of hydrogen-bond donors (Lipinski definition) is 1. The zero-order chi connectivity index (χ0) is 28.7. The molecule has 1 unspecified atom stereocenters. The summed E-state index contributed by atoms with van der Waals surface area (Å²) in [5.41, 5.74) is 2.30. The molecular formula is C30H25ClN2O7. The number of nitrogens with zero attached hydrogens (tertiary/aromatic N) is 2.